The molecule has 0 aliphatic carbocycles. The Labute approximate surface area is 164 Å². The second-order valence-electron chi connectivity index (χ2n) is 5.36. The van der Waals surface area contributed by atoms with Gasteiger partial charge in [-0.3, -0.25) is 4.79 Å². The zero-order valence-corrected chi connectivity index (χ0v) is 16.5. The number of carbonyl (C=O) groups is 3. The Morgan fingerprint density at radius 1 is 1.17 bits per heavy atom. The molecule has 1 unspecified atom stereocenters. The number of allylic oxidation sites excluding steroid dienone is 2. The fraction of sp³-hybridized carbons (Fsp3) is 0.667. The Morgan fingerprint density at radius 3 is 2.33 bits per heavy atom. The van der Waals surface area contributed by atoms with Gasteiger partial charge in [0.1, 0.15) is 13.1 Å². The van der Waals surface area contributed by atoms with Crippen LogP contribution in [0.1, 0.15) is 26.2 Å². The third kappa shape index (κ3) is 12.5. The van der Waals surface area contributed by atoms with E-state index in [-0.39, 0.29) is 66.2 Å². The van der Waals surface area contributed by atoms with Crippen molar-refractivity contribution in [3.05, 3.63) is 12.2 Å². The molecule has 9 heteroatoms. The van der Waals surface area contributed by atoms with Crippen LogP contribution in [-0.4, -0.2) is 71.9 Å². The number of quaternary nitrogens is 1. The van der Waals surface area contributed by atoms with Crippen LogP contribution in [0.3, 0.4) is 0 Å². The normalized spacial score (nSPS) is 13.1. The van der Waals surface area contributed by atoms with Gasteiger partial charge in [0.25, 0.3) is 0 Å². The van der Waals surface area contributed by atoms with Crippen molar-refractivity contribution < 1.29 is 63.7 Å². The number of carboxylic acids is 2. The Kier molecular flexibility index (Phi) is 15.2. The molecule has 0 aliphatic heterocycles. The van der Waals surface area contributed by atoms with E-state index < -0.39 is 25.0 Å². The molecular weight excluding hydrogens is 327 g/mol. The number of hydrogen-bond acceptors (Lipinski definition) is 5. The molecule has 0 fully saturated rings. The fourth-order valence-corrected chi connectivity index (χ4v) is 2.28. The molecule has 8 nitrogen and oxygen atoms in total. The molecular formula is C15H26N2NaO6+. The first-order valence-electron chi connectivity index (χ1n) is 7.64. The maximum atomic E-state index is 11.6. The second-order valence-corrected chi connectivity index (χ2v) is 5.36. The standard InChI is InChI=1S/C15H26N2O6.Na/c1-2-3-4-5-6-13(19)16-7-8-17(9-10-18,11-14(20)21)12-15(22)23;/h3-4,18H,2,5-12H2,1H3,(H2-,16,19,20,21,22,23);/q;+1/b4-3+;. The summed E-state index contributed by atoms with van der Waals surface area (Å²) in [5, 5.41) is 31.6. The van der Waals surface area contributed by atoms with Gasteiger partial charge in [0.15, 0.2) is 6.54 Å². The van der Waals surface area contributed by atoms with Crippen LogP contribution in [0.15, 0.2) is 12.2 Å². The average molecular weight is 353 g/mol. The zero-order valence-electron chi connectivity index (χ0n) is 14.5. The van der Waals surface area contributed by atoms with Gasteiger partial charge in [-0.15, -0.1) is 0 Å². The van der Waals surface area contributed by atoms with Crippen LogP contribution in [0.5, 0.6) is 0 Å². The molecule has 0 aromatic heterocycles. The number of rotatable bonds is 13. The molecule has 0 spiro atoms. The minimum absolute atomic E-state index is 0. The molecule has 0 rings (SSSR count). The maximum Gasteiger partial charge on any atom is 1.00 e. The molecule has 1 atom stereocenters. The van der Waals surface area contributed by atoms with Crippen LogP contribution in [-0.2, 0) is 14.4 Å². The van der Waals surface area contributed by atoms with Crippen LogP contribution in [0, 0.1) is 0 Å². The van der Waals surface area contributed by atoms with Gasteiger partial charge in [0, 0.05) is 6.42 Å². The van der Waals surface area contributed by atoms with Gasteiger partial charge in [-0.05, 0) is 12.8 Å². The van der Waals surface area contributed by atoms with Gasteiger partial charge in [-0.25, -0.2) is 4.79 Å². The molecule has 132 valence electrons. The van der Waals surface area contributed by atoms with E-state index in [4.69, 9.17) is 10.2 Å². The number of nitrogens with one attached hydrogen (secondary N) is 1. The minimum atomic E-state index is -1.39. The van der Waals surface area contributed by atoms with E-state index in [1.807, 2.05) is 19.1 Å². The number of nitrogens with zero attached hydrogens (tertiary/aromatic N) is 1. The minimum Gasteiger partial charge on any atom is -0.544 e. The van der Waals surface area contributed by atoms with E-state index >= 15 is 0 Å². The monoisotopic (exact) mass is 353 g/mol. The molecule has 3 N–H and O–H groups in total. The first-order chi connectivity index (χ1) is 10.8. The van der Waals surface area contributed by atoms with Gasteiger partial charge in [0.2, 0.25) is 5.91 Å². The number of carbonyl (C=O) groups excluding carboxylic acids is 2. The number of aliphatic carboxylic acids is 2. The summed E-state index contributed by atoms with van der Waals surface area (Å²) in [6.45, 7) is 0.862. The number of carboxylic acid groups (broad SMARTS) is 2. The smallest absolute Gasteiger partial charge is 0.544 e. The largest absolute Gasteiger partial charge is 1.00 e. The van der Waals surface area contributed by atoms with E-state index in [1.54, 1.807) is 0 Å². The van der Waals surface area contributed by atoms with Crippen LogP contribution in [0.2, 0.25) is 0 Å². The number of amides is 1. The van der Waals surface area contributed by atoms with E-state index in [2.05, 4.69) is 5.32 Å². The molecule has 0 saturated carbocycles. The summed E-state index contributed by atoms with van der Waals surface area (Å²) >= 11 is 0. The van der Waals surface area contributed by atoms with E-state index in [0.717, 1.165) is 6.42 Å². The molecule has 0 bridgehead atoms. The zero-order chi connectivity index (χ0) is 17.7. The quantitative estimate of drug-likeness (QED) is 0.174. The molecule has 0 aromatic rings. The van der Waals surface area contributed by atoms with Crippen molar-refractivity contribution in [3.63, 3.8) is 0 Å². The predicted octanol–water partition coefficient (Wildman–Crippen LogP) is -4.50. The molecule has 0 aliphatic rings. The first-order valence-corrected chi connectivity index (χ1v) is 7.64. The third-order valence-electron chi connectivity index (χ3n) is 3.36. The van der Waals surface area contributed by atoms with Gasteiger partial charge in [-0.2, -0.15) is 0 Å². The Hall–Kier alpha value is -0.930. The Bertz CT molecular complexity index is 412. The molecule has 0 radical (unpaired) electrons. The summed E-state index contributed by atoms with van der Waals surface area (Å²) in [5.74, 6) is -2.75. The van der Waals surface area contributed by atoms with Crippen molar-refractivity contribution in [2.24, 2.45) is 0 Å². The topological polar surface area (TPSA) is 127 Å². The molecule has 24 heavy (non-hydrogen) atoms. The summed E-state index contributed by atoms with van der Waals surface area (Å²) in [7, 11) is 0. The van der Waals surface area contributed by atoms with Crippen molar-refractivity contribution in [2.75, 3.05) is 39.3 Å². The van der Waals surface area contributed by atoms with Crippen molar-refractivity contribution in [1.29, 1.82) is 0 Å². The second kappa shape index (κ2) is 14.4. The first kappa shape index (κ1) is 25.3. The van der Waals surface area contributed by atoms with Crippen LogP contribution >= 0.6 is 0 Å². The van der Waals surface area contributed by atoms with Gasteiger partial charge in [-0.1, -0.05) is 19.1 Å². The summed E-state index contributed by atoms with van der Waals surface area (Å²) in [5.41, 5.74) is 0. The van der Waals surface area contributed by atoms with E-state index in [0.29, 0.717) is 12.8 Å². The maximum absolute atomic E-state index is 11.6. The van der Waals surface area contributed by atoms with Crippen molar-refractivity contribution >= 4 is 17.8 Å². The summed E-state index contributed by atoms with van der Waals surface area (Å²) in [4.78, 5) is 33.5. The van der Waals surface area contributed by atoms with Crippen molar-refractivity contribution in [3.8, 4) is 0 Å². The SMILES string of the molecule is CC/C=C/CCC(=O)NCC[N+](CCO)(CC(=O)[O-])CC(=O)O.[Na+]. The summed E-state index contributed by atoms with van der Waals surface area (Å²) in [6.07, 6.45) is 5.71. The number of aliphatic hydroxyl groups excluding tert-OH is 1. The fourth-order valence-electron chi connectivity index (χ4n) is 2.28. The number of aliphatic hydroxyl groups is 1. The van der Waals surface area contributed by atoms with Crippen LogP contribution in [0.4, 0.5) is 0 Å². The van der Waals surface area contributed by atoms with E-state index in [1.165, 1.54) is 0 Å². The average Bonchev–Trinajstić information content (AvgIpc) is 2.42. The van der Waals surface area contributed by atoms with Gasteiger partial charge < -0.3 is 29.9 Å². The van der Waals surface area contributed by atoms with Crippen molar-refractivity contribution in [2.45, 2.75) is 26.2 Å². The molecule has 0 heterocycles. The summed E-state index contributed by atoms with van der Waals surface area (Å²) < 4.78 is -0.371. The molecule has 0 saturated heterocycles. The van der Waals surface area contributed by atoms with Crippen LogP contribution in [0.25, 0.3) is 0 Å². The van der Waals surface area contributed by atoms with Crippen molar-refractivity contribution in [1.82, 2.24) is 5.32 Å². The molecule has 0 aromatic carbocycles. The summed E-state index contributed by atoms with van der Waals surface area (Å²) in [6, 6.07) is 0. The van der Waals surface area contributed by atoms with Crippen LogP contribution < -0.4 is 40.0 Å². The third-order valence-corrected chi connectivity index (χ3v) is 3.36. The van der Waals surface area contributed by atoms with Gasteiger partial charge >= 0.3 is 35.5 Å². The molecule has 1 amide bonds. The Morgan fingerprint density at radius 2 is 1.83 bits per heavy atom. The Balaban J connectivity index is 0. The number of hydrogen-bond donors (Lipinski definition) is 3. The van der Waals surface area contributed by atoms with Gasteiger partial charge in [0.05, 0.1) is 25.7 Å². The van der Waals surface area contributed by atoms with E-state index in [9.17, 15) is 19.5 Å². The predicted molar refractivity (Wildman–Crippen MR) is 81.1 cm³/mol.